The number of aromatic nitrogens is 2. The van der Waals surface area contributed by atoms with Gasteiger partial charge in [-0.3, -0.25) is 4.79 Å². The van der Waals surface area contributed by atoms with Gasteiger partial charge in [0.1, 0.15) is 11.6 Å². The topological polar surface area (TPSA) is 93.8 Å². The van der Waals surface area contributed by atoms with E-state index >= 15 is 0 Å². The first kappa shape index (κ1) is 19.8. The van der Waals surface area contributed by atoms with Gasteiger partial charge in [-0.15, -0.1) is 0 Å². The maximum absolute atomic E-state index is 13.0. The van der Waals surface area contributed by atoms with E-state index in [9.17, 15) is 9.59 Å². The maximum atomic E-state index is 13.0. The fourth-order valence-electron chi connectivity index (χ4n) is 2.63. The molecule has 0 saturated carbocycles. The highest BCUT2D eigenvalue weighted by Gasteiger charge is 2.14. The van der Waals surface area contributed by atoms with Gasteiger partial charge in [-0.25, -0.2) is 9.78 Å². The third kappa shape index (κ3) is 4.28. The third-order valence-electron chi connectivity index (χ3n) is 3.93. The van der Waals surface area contributed by atoms with Crippen molar-refractivity contribution >= 4 is 39.0 Å². The van der Waals surface area contributed by atoms with Crippen LogP contribution in [-0.2, 0) is 4.79 Å². The van der Waals surface area contributed by atoms with Gasteiger partial charge >= 0.3 is 5.97 Å². The summed E-state index contributed by atoms with van der Waals surface area (Å²) in [5.74, 6) is -0.213. The standard InChI is InChI=1S/C20H18BrN3O4/c1-12(2)19-23-16-8-7-14(21)9-15(16)20(27)24(19)22-10-13-5-3-4-6-17(13)28-11-18(25)26/h3-10,12H,11H2,1-2H3,(H,25,26). The second-order valence-corrected chi connectivity index (χ2v) is 7.28. The highest BCUT2D eigenvalue weighted by molar-refractivity contribution is 9.10. The molecule has 0 aliphatic carbocycles. The summed E-state index contributed by atoms with van der Waals surface area (Å²) in [5.41, 5.74) is 0.878. The molecule has 0 amide bonds. The molecule has 1 heterocycles. The second-order valence-electron chi connectivity index (χ2n) is 6.37. The van der Waals surface area contributed by atoms with Gasteiger partial charge in [0.05, 0.1) is 17.1 Å². The zero-order valence-electron chi connectivity index (χ0n) is 15.3. The molecule has 0 aliphatic heterocycles. The Kier molecular flexibility index (Phi) is 5.89. The molecule has 0 spiro atoms. The van der Waals surface area contributed by atoms with Gasteiger partial charge < -0.3 is 9.84 Å². The molecule has 3 aromatic rings. The Labute approximate surface area is 169 Å². The number of carbonyl (C=O) groups is 1. The Morgan fingerprint density at radius 1 is 1.32 bits per heavy atom. The highest BCUT2D eigenvalue weighted by Crippen LogP contribution is 2.20. The molecule has 8 heteroatoms. The number of fused-ring (bicyclic) bond motifs is 1. The van der Waals surface area contributed by atoms with Crippen LogP contribution in [0.3, 0.4) is 0 Å². The molecule has 0 bridgehead atoms. The molecule has 28 heavy (non-hydrogen) atoms. The van der Waals surface area contributed by atoms with Gasteiger partial charge in [0.25, 0.3) is 5.56 Å². The third-order valence-corrected chi connectivity index (χ3v) is 4.43. The van der Waals surface area contributed by atoms with E-state index in [0.29, 0.717) is 28.0 Å². The molecule has 1 N–H and O–H groups in total. The van der Waals surface area contributed by atoms with Gasteiger partial charge in [0.15, 0.2) is 6.61 Å². The monoisotopic (exact) mass is 443 g/mol. The smallest absolute Gasteiger partial charge is 0.341 e. The molecule has 7 nitrogen and oxygen atoms in total. The van der Waals surface area contributed by atoms with Crippen molar-refractivity contribution in [1.29, 1.82) is 0 Å². The average molecular weight is 444 g/mol. The van der Waals surface area contributed by atoms with Gasteiger partial charge in [0, 0.05) is 16.0 Å². The number of benzene rings is 2. The van der Waals surface area contributed by atoms with Crippen LogP contribution < -0.4 is 10.3 Å². The Hall–Kier alpha value is -3.00. The van der Waals surface area contributed by atoms with E-state index in [1.165, 1.54) is 10.9 Å². The van der Waals surface area contributed by atoms with E-state index < -0.39 is 12.6 Å². The fraction of sp³-hybridized carbons (Fsp3) is 0.200. The predicted molar refractivity (Wildman–Crippen MR) is 110 cm³/mol. The summed E-state index contributed by atoms with van der Waals surface area (Å²) >= 11 is 3.37. The lowest BCUT2D eigenvalue weighted by atomic mass is 10.2. The van der Waals surface area contributed by atoms with Crippen LogP contribution in [0.1, 0.15) is 31.2 Å². The van der Waals surface area contributed by atoms with Crippen LogP contribution >= 0.6 is 15.9 Å². The molecule has 2 aromatic carbocycles. The number of hydrogen-bond donors (Lipinski definition) is 1. The lowest BCUT2D eigenvalue weighted by molar-refractivity contribution is -0.139. The molecular formula is C20H18BrN3O4. The van der Waals surface area contributed by atoms with E-state index in [0.717, 1.165) is 4.47 Å². The first-order valence-electron chi connectivity index (χ1n) is 8.57. The zero-order chi connectivity index (χ0) is 20.3. The van der Waals surface area contributed by atoms with E-state index in [2.05, 4.69) is 26.0 Å². The summed E-state index contributed by atoms with van der Waals surface area (Å²) in [5, 5.41) is 13.6. The predicted octanol–water partition coefficient (Wildman–Crippen LogP) is 3.63. The van der Waals surface area contributed by atoms with Crippen LogP contribution in [0.4, 0.5) is 0 Å². The molecule has 0 radical (unpaired) electrons. The van der Waals surface area contributed by atoms with E-state index in [4.69, 9.17) is 9.84 Å². The SMILES string of the molecule is CC(C)c1nc2ccc(Br)cc2c(=O)n1N=Cc1ccccc1OCC(=O)O. The van der Waals surface area contributed by atoms with Crippen LogP contribution in [0, 0.1) is 0 Å². The van der Waals surface area contributed by atoms with Gasteiger partial charge in [-0.05, 0) is 30.3 Å². The van der Waals surface area contributed by atoms with Crippen molar-refractivity contribution in [2.45, 2.75) is 19.8 Å². The summed E-state index contributed by atoms with van der Waals surface area (Å²) in [7, 11) is 0. The molecule has 0 fully saturated rings. The molecule has 0 atom stereocenters. The maximum Gasteiger partial charge on any atom is 0.341 e. The lowest BCUT2D eigenvalue weighted by Gasteiger charge is -2.12. The summed E-state index contributed by atoms with van der Waals surface area (Å²) in [4.78, 5) is 28.4. The molecular weight excluding hydrogens is 426 g/mol. The first-order chi connectivity index (χ1) is 13.4. The summed E-state index contributed by atoms with van der Waals surface area (Å²) < 4.78 is 7.33. The molecule has 3 rings (SSSR count). The summed E-state index contributed by atoms with van der Waals surface area (Å²) in [6.07, 6.45) is 1.47. The molecule has 144 valence electrons. The van der Waals surface area contributed by atoms with Gasteiger partial charge in [0.2, 0.25) is 0 Å². The minimum absolute atomic E-state index is 0.0311. The number of hydrogen-bond acceptors (Lipinski definition) is 5. The number of para-hydroxylation sites is 1. The number of ether oxygens (including phenoxy) is 1. The molecule has 1 aromatic heterocycles. The second kappa shape index (κ2) is 8.35. The fourth-order valence-corrected chi connectivity index (χ4v) is 2.99. The van der Waals surface area contributed by atoms with Gasteiger partial charge in [-0.2, -0.15) is 9.78 Å². The van der Waals surface area contributed by atoms with E-state index in [-0.39, 0.29) is 11.5 Å². The number of nitrogens with zero attached hydrogens (tertiary/aromatic N) is 3. The number of halogens is 1. The number of carboxylic acids is 1. The first-order valence-corrected chi connectivity index (χ1v) is 9.36. The largest absolute Gasteiger partial charge is 0.481 e. The average Bonchev–Trinajstić information content (AvgIpc) is 2.66. The van der Waals surface area contributed by atoms with Crippen LogP contribution in [0.2, 0.25) is 0 Å². The molecule has 0 unspecified atom stereocenters. The zero-order valence-corrected chi connectivity index (χ0v) is 16.9. The normalized spacial score (nSPS) is 11.4. The Morgan fingerprint density at radius 3 is 2.79 bits per heavy atom. The lowest BCUT2D eigenvalue weighted by Crippen LogP contribution is -2.23. The van der Waals surface area contributed by atoms with Crippen molar-refractivity contribution in [3.05, 3.63) is 68.7 Å². The van der Waals surface area contributed by atoms with Crippen molar-refractivity contribution in [1.82, 2.24) is 9.66 Å². The minimum atomic E-state index is -1.07. The molecule has 0 saturated heterocycles. The van der Waals surface area contributed by atoms with Crippen molar-refractivity contribution in [2.75, 3.05) is 6.61 Å². The number of carboxylic acid groups (broad SMARTS) is 1. The van der Waals surface area contributed by atoms with Crippen LogP contribution in [0.15, 0.2) is 56.8 Å². The Balaban J connectivity index is 2.09. The number of aliphatic carboxylic acids is 1. The van der Waals surface area contributed by atoms with Crippen LogP contribution in [0.25, 0.3) is 10.9 Å². The van der Waals surface area contributed by atoms with Crippen molar-refractivity contribution in [3.8, 4) is 5.75 Å². The quantitative estimate of drug-likeness (QED) is 0.587. The van der Waals surface area contributed by atoms with Gasteiger partial charge in [-0.1, -0.05) is 41.9 Å². The van der Waals surface area contributed by atoms with Crippen LogP contribution in [-0.4, -0.2) is 33.6 Å². The van der Waals surface area contributed by atoms with Crippen molar-refractivity contribution in [3.63, 3.8) is 0 Å². The highest BCUT2D eigenvalue weighted by atomic mass is 79.9. The van der Waals surface area contributed by atoms with Crippen molar-refractivity contribution in [2.24, 2.45) is 5.10 Å². The summed E-state index contributed by atoms with van der Waals surface area (Å²) in [6.45, 7) is 3.40. The Morgan fingerprint density at radius 2 is 2.07 bits per heavy atom. The van der Waals surface area contributed by atoms with Crippen LogP contribution in [0.5, 0.6) is 5.75 Å². The Bertz CT molecular complexity index is 1120. The summed E-state index contributed by atoms with van der Waals surface area (Å²) in [6, 6.07) is 12.2. The van der Waals surface area contributed by atoms with Crippen molar-refractivity contribution < 1.29 is 14.6 Å². The molecule has 0 aliphatic rings. The number of rotatable bonds is 6. The van der Waals surface area contributed by atoms with E-state index in [1.807, 2.05) is 19.9 Å². The minimum Gasteiger partial charge on any atom is -0.481 e. The van der Waals surface area contributed by atoms with E-state index in [1.54, 1.807) is 36.4 Å².